The number of aliphatic imine (C=N–C) groups is 1. The fourth-order valence-electron chi connectivity index (χ4n) is 2.54. The maximum atomic E-state index is 5.55. The van der Waals surface area contributed by atoms with Gasteiger partial charge in [-0.3, -0.25) is 4.99 Å². The van der Waals surface area contributed by atoms with E-state index in [0.29, 0.717) is 12.1 Å². The summed E-state index contributed by atoms with van der Waals surface area (Å²) in [4.78, 5) is 6.83. The Morgan fingerprint density at radius 1 is 1.29 bits per heavy atom. The van der Waals surface area contributed by atoms with Crippen LogP contribution in [-0.2, 0) is 4.74 Å². The third-order valence-corrected chi connectivity index (χ3v) is 4.01. The lowest BCUT2D eigenvalue weighted by Gasteiger charge is -2.35. The number of rotatable bonds is 8. The van der Waals surface area contributed by atoms with Gasteiger partial charge >= 0.3 is 0 Å². The lowest BCUT2D eigenvalue weighted by atomic mass is 10.0. The van der Waals surface area contributed by atoms with Crippen molar-refractivity contribution in [3.05, 3.63) is 0 Å². The molecule has 1 aliphatic heterocycles. The maximum Gasteiger partial charge on any atom is 0.191 e. The monoisotopic (exact) mass is 298 g/mol. The van der Waals surface area contributed by atoms with E-state index in [1.807, 2.05) is 7.05 Å². The molecule has 0 amide bonds. The van der Waals surface area contributed by atoms with E-state index in [4.69, 9.17) is 4.74 Å². The van der Waals surface area contributed by atoms with Crippen molar-refractivity contribution in [3.63, 3.8) is 0 Å². The lowest BCUT2D eigenvalue weighted by molar-refractivity contribution is 0.135. The third kappa shape index (κ3) is 7.67. The fourth-order valence-corrected chi connectivity index (χ4v) is 2.54. The van der Waals surface area contributed by atoms with Crippen LogP contribution in [0.25, 0.3) is 0 Å². The van der Waals surface area contributed by atoms with Crippen LogP contribution in [0.3, 0.4) is 0 Å². The van der Waals surface area contributed by atoms with Crippen LogP contribution in [0.15, 0.2) is 4.99 Å². The highest BCUT2D eigenvalue weighted by Gasteiger charge is 2.21. The average molecular weight is 298 g/mol. The van der Waals surface area contributed by atoms with Gasteiger partial charge in [0.25, 0.3) is 0 Å². The van der Waals surface area contributed by atoms with Crippen LogP contribution in [-0.4, -0.2) is 62.8 Å². The second-order valence-electron chi connectivity index (χ2n) is 6.01. The molecule has 0 atom stereocenters. The van der Waals surface area contributed by atoms with E-state index >= 15 is 0 Å². The Labute approximate surface area is 130 Å². The van der Waals surface area contributed by atoms with Gasteiger partial charge in [-0.05, 0) is 33.1 Å². The predicted molar refractivity (Wildman–Crippen MR) is 90.0 cm³/mol. The van der Waals surface area contributed by atoms with Crippen molar-refractivity contribution in [2.45, 2.75) is 58.5 Å². The van der Waals surface area contributed by atoms with Crippen molar-refractivity contribution in [3.8, 4) is 0 Å². The van der Waals surface area contributed by atoms with Gasteiger partial charge in [-0.25, -0.2) is 0 Å². The zero-order chi connectivity index (χ0) is 15.5. The van der Waals surface area contributed by atoms with Gasteiger partial charge < -0.3 is 20.3 Å². The number of unbranched alkanes of at least 4 members (excludes halogenated alkanes) is 1. The zero-order valence-corrected chi connectivity index (χ0v) is 14.3. The van der Waals surface area contributed by atoms with Gasteiger partial charge in [-0.1, -0.05) is 13.3 Å². The summed E-state index contributed by atoms with van der Waals surface area (Å²) < 4.78 is 5.55. The summed E-state index contributed by atoms with van der Waals surface area (Å²) in [5.41, 5.74) is 0. The minimum Gasteiger partial charge on any atom is -0.380 e. The molecule has 2 N–H and O–H groups in total. The van der Waals surface area contributed by atoms with Crippen LogP contribution < -0.4 is 10.6 Å². The number of ether oxygens (including phenoxy) is 1. The number of nitrogens with one attached hydrogen (secondary N) is 2. The molecule has 21 heavy (non-hydrogen) atoms. The molecule has 0 aromatic carbocycles. The van der Waals surface area contributed by atoms with E-state index in [-0.39, 0.29) is 0 Å². The normalized spacial score (nSPS) is 18.2. The maximum absolute atomic E-state index is 5.55. The first kappa shape index (κ1) is 18.2. The van der Waals surface area contributed by atoms with E-state index in [1.54, 1.807) is 0 Å². The van der Waals surface area contributed by atoms with Crippen molar-refractivity contribution < 1.29 is 4.74 Å². The molecular formula is C16H34N4O. The number of nitrogens with zero attached hydrogens (tertiary/aromatic N) is 2. The summed E-state index contributed by atoms with van der Waals surface area (Å²) in [5, 5.41) is 6.85. The molecule has 1 heterocycles. The van der Waals surface area contributed by atoms with Crippen molar-refractivity contribution in [2.24, 2.45) is 4.99 Å². The Morgan fingerprint density at radius 2 is 2.00 bits per heavy atom. The molecule has 0 aromatic heterocycles. The zero-order valence-electron chi connectivity index (χ0n) is 14.3. The van der Waals surface area contributed by atoms with Crippen LogP contribution in [0, 0.1) is 0 Å². The number of piperidine rings is 1. The van der Waals surface area contributed by atoms with Crippen molar-refractivity contribution in [1.29, 1.82) is 0 Å². The van der Waals surface area contributed by atoms with Crippen LogP contribution in [0.1, 0.15) is 46.5 Å². The molecule has 0 aromatic rings. The average Bonchev–Trinajstić information content (AvgIpc) is 2.50. The van der Waals surface area contributed by atoms with Crippen LogP contribution in [0.4, 0.5) is 0 Å². The van der Waals surface area contributed by atoms with E-state index in [1.165, 1.54) is 32.4 Å². The first-order valence-electron chi connectivity index (χ1n) is 8.46. The van der Waals surface area contributed by atoms with E-state index < -0.39 is 0 Å². The summed E-state index contributed by atoms with van der Waals surface area (Å²) in [6.45, 7) is 11.5. The van der Waals surface area contributed by atoms with Gasteiger partial charge in [0.05, 0.1) is 6.61 Å². The molecule has 0 saturated carbocycles. The Balaban J connectivity index is 2.14. The molecule has 5 nitrogen and oxygen atoms in total. The molecule has 1 saturated heterocycles. The summed E-state index contributed by atoms with van der Waals surface area (Å²) in [5.74, 6) is 0.900. The number of guanidine groups is 1. The minimum absolute atomic E-state index is 0.534. The Hall–Kier alpha value is -0.810. The van der Waals surface area contributed by atoms with Gasteiger partial charge in [0.15, 0.2) is 5.96 Å². The summed E-state index contributed by atoms with van der Waals surface area (Å²) in [6, 6.07) is 1.19. The van der Waals surface area contributed by atoms with Crippen molar-refractivity contribution >= 4 is 5.96 Å². The molecule has 0 spiro atoms. The standard InChI is InChI=1S/C16H34N4O/c1-5-6-12-21-13-9-18-16(17-4)19-15-7-10-20(11-8-15)14(2)3/h14-15H,5-13H2,1-4H3,(H2,17,18,19). The van der Waals surface area contributed by atoms with Gasteiger partial charge in [0.2, 0.25) is 0 Å². The van der Waals surface area contributed by atoms with Crippen molar-refractivity contribution in [2.75, 3.05) is 39.9 Å². The highest BCUT2D eigenvalue weighted by atomic mass is 16.5. The van der Waals surface area contributed by atoms with Crippen LogP contribution in [0.2, 0.25) is 0 Å². The Kier molecular flexibility index (Phi) is 9.42. The molecule has 0 unspecified atom stereocenters. The number of hydrogen-bond acceptors (Lipinski definition) is 3. The van der Waals surface area contributed by atoms with Crippen molar-refractivity contribution in [1.82, 2.24) is 15.5 Å². The quantitative estimate of drug-likeness (QED) is 0.408. The van der Waals surface area contributed by atoms with E-state index in [0.717, 1.165) is 32.1 Å². The highest BCUT2D eigenvalue weighted by molar-refractivity contribution is 5.79. The topological polar surface area (TPSA) is 48.9 Å². The number of likely N-dealkylation sites (tertiary alicyclic amines) is 1. The Bertz CT molecular complexity index is 286. The smallest absolute Gasteiger partial charge is 0.191 e. The Morgan fingerprint density at radius 3 is 2.57 bits per heavy atom. The second kappa shape index (κ2) is 10.9. The molecule has 0 bridgehead atoms. The second-order valence-corrected chi connectivity index (χ2v) is 6.01. The molecular weight excluding hydrogens is 264 g/mol. The lowest BCUT2D eigenvalue weighted by Crippen LogP contribution is -2.50. The molecule has 124 valence electrons. The molecule has 1 rings (SSSR count). The van der Waals surface area contributed by atoms with Gasteiger partial charge in [0, 0.05) is 45.4 Å². The first-order chi connectivity index (χ1) is 10.2. The summed E-state index contributed by atoms with van der Waals surface area (Å²) in [6.07, 6.45) is 4.70. The van der Waals surface area contributed by atoms with Crippen LogP contribution >= 0.6 is 0 Å². The fraction of sp³-hybridized carbons (Fsp3) is 0.938. The van der Waals surface area contributed by atoms with E-state index in [2.05, 4.69) is 41.3 Å². The SMILES string of the molecule is CCCCOCCNC(=NC)NC1CCN(C(C)C)CC1. The first-order valence-corrected chi connectivity index (χ1v) is 8.46. The molecule has 0 radical (unpaired) electrons. The minimum atomic E-state index is 0.534. The largest absolute Gasteiger partial charge is 0.380 e. The third-order valence-electron chi connectivity index (χ3n) is 4.01. The summed E-state index contributed by atoms with van der Waals surface area (Å²) >= 11 is 0. The molecule has 1 aliphatic rings. The molecule has 0 aliphatic carbocycles. The molecule has 5 heteroatoms. The van der Waals surface area contributed by atoms with E-state index in [9.17, 15) is 0 Å². The van der Waals surface area contributed by atoms with Gasteiger partial charge in [0.1, 0.15) is 0 Å². The molecule has 1 fully saturated rings. The summed E-state index contributed by atoms with van der Waals surface area (Å²) in [7, 11) is 1.83. The van der Waals surface area contributed by atoms with Gasteiger partial charge in [-0.15, -0.1) is 0 Å². The predicted octanol–water partition coefficient (Wildman–Crippen LogP) is 1.84. The van der Waals surface area contributed by atoms with Gasteiger partial charge in [-0.2, -0.15) is 0 Å². The highest BCUT2D eigenvalue weighted by Crippen LogP contribution is 2.12. The van der Waals surface area contributed by atoms with Crippen LogP contribution in [0.5, 0.6) is 0 Å². The number of hydrogen-bond donors (Lipinski definition) is 2.